The molecule has 0 unspecified atom stereocenters. The molecule has 2 aromatic rings. The molecule has 2 aliphatic rings. The number of amides is 2. The first kappa shape index (κ1) is 12.8. The van der Waals surface area contributed by atoms with Crippen molar-refractivity contribution in [3.63, 3.8) is 0 Å². The summed E-state index contributed by atoms with van der Waals surface area (Å²) in [6.07, 6.45) is 3.65. The van der Waals surface area contributed by atoms with Gasteiger partial charge in [0.25, 0.3) is 0 Å². The molecule has 0 aliphatic carbocycles. The normalized spacial score (nSPS) is 20.3. The maximum atomic E-state index is 11.7. The zero-order valence-corrected chi connectivity index (χ0v) is 12.5. The minimum Gasteiger partial charge on any atom is -0.355 e. The van der Waals surface area contributed by atoms with Crippen molar-refractivity contribution >= 4 is 33.4 Å². The lowest BCUT2D eigenvalue weighted by molar-refractivity contribution is 0.186. The molecule has 4 rings (SSSR count). The Kier molecular flexibility index (Phi) is 3.14. The molecular formula is C14H17N5OS. The smallest absolute Gasteiger partial charge is 0.317 e. The largest absolute Gasteiger partial charge is 0.355 e. The van der Waals surface area contributed by atoms with Crippen molar-refractivity contribution in [1.82, 2.24) is 20.2 Å². The van der Waals surface area contributed by atoms with Gasteiger partial charge < -0.3 is 15.1 Å². The van der Waals surface area contributed by atoms with E-state index in [0.717, 1.165) is 55.1 Å². The fourth-order valence-electron chi connectivity index (χ4n) is 3.23. The maximum Gasteiger partial charge on any atom is 0.317 e. The molecule has 4 heterocycles. The Balaban J connectivity index is 1.50. The predicted molar refractivity (Wildman–Crippen MR) is 82.8 cm³/mol. The van der Waals surface area contributed by atoms with Gasteiger partial charge in [0.05, 0.1) is 10.2 Å². The van der Waals surface area contributed by atoms with Crippen LogP contribution in [0.15, 0.2) is 17.8 Å². The van der Waals surface area contributed by atoms with Gasteiger partial charge in [-0.15, -0.1) is 11.3 Å². The molecule has 2 aromatic heterocycles. The zero-order valence-electron chi connectivity index (χ0n) is 11.7. The van der Waals surface area contributed by atoms with Crippen LogP contribution in [0.1, 0.15) is 12.8 Å². The Morgan fingerprint density at radius 3 is 2.86 bits per heavy atom. The average molecular weight is 303 g/mol. The van der Waals surface area contributed by atoms with E-state index in [-0.39, 0.29) is 6.03 Å². The summed E-state index contributed by atoms with van der Waals surface area (Å²) in [6.45, 7) is 3.50. The van der Waals surface area contributed by atoms with Crippen molar-refractivity contribution in [3.8, 4) is 0 Å². The van der Waals surface area contributed by atoms with Crippen LogP contribution in [0.4, 0.5) is 10.6 Å². The Labute approximate surface area is 126 Å². The first-order valence-electron chi connectivity index (χ1n) is 7.30. The second kappa shape index (κ2) is 5.14. The molecule has 0 atom stereocenters. The molecule has 2 saturated heterocycles. The minimum atomic E-state index is 0.0936. The summed E-state index contributed by atoms with van der Waals surface area (Å²) < 4.78 is 1.16. The summed E-state index contributed by atoms with van der Waals surface area (Å²) in [5.74, 6) is 1.04. The van der Waals surface area contributed by atoms with Crippen molar-refractivity contribution < 1.29 is 4.79 Å². The van der Waals surface area contributed by atoms with E-state index >= 15 is 0 Å². The van der Waals surface area contributed by atoms with Gasteiger partial charge in [-0.1, -0.05) is 0 Å². The Morgan fingerprint density at radius 1 is 1.24 bits per heavy atom. The molecule has 110 valence electrons. The maximum absolute atomic E-state index is 11.7. The number of piperidine rings is 1. The number of hydrogen-bond acceptors (Lipinski definition) is 5. The first-order chi connectivity index (χ1) is 10.3. The van der Waals surface area contributed by atoms with Gasteiger partial charge in [-0.2, -0.15) is 0 Å². The summed E-state index contributed by atoms with van der Waals surface area (Å²) >= 11 is 1.69. The lowest BCUT2D eigenvalue weighted by Gasteiger charge is -2.36. The SMILES string of the molecule is O=C1NCCN1C1CCN(c2ncnc3ccsc23)CC1. The third-order valence-electron chi connectivity index (χ3n) is 4.32. The molecule has 2 amide bonds. The van der Waals surface area contributed by atoms with Gasteiger partial charge in [0.1, 0.15) is 12.1 Å². The van der Waals surface area contributed by atoms with Crippen molar-refractivity contribution in [1.29, 1.82) is 0 Å². The van der Waals surface area contributed by atoms with E-state index in [1.807, 2.05) is 11.0 Å². The fourth-order valence-corrected chi connectivity index (χ4v) is 4.09. The molecule has 0 radical (unpaired) electrons. The third kappa shape index (κ3) is 2.21. The van der Waals surface area contributed by atoms with Crippen LogP contribution in [-0.4, -0.2) is 53.1 Å². The number of aromatic nitrogens is 2. The Hall–Kier alpha value is -1.89. The highest BCUT2D eigenvalue weighted by molar-refractivity contribution is 7.17. The number of thiophene rings is 1. The van der Waals surface area contributed by atoms with Crippen molar-refractivity contribution in [3.05, 3.63) is 17.8 Å². The van der Waals surface area contributed by atoms with Gasteiger partial charge in [-0.05, 0) is 24.3 Å². The monoisotopic (exact) mass is 303 g/mol. The lowest BCUT2D eigenvalue weighted by atomic mass is 10.0. The molecule has 2 aliphatic heterocycles. The molecule has 6 nitrogen and oxygen atoms in total. The molecule has 21 heavy (non-hydrogen) atoms. The average Bonchev–Trinajstić information content (AvgIpc) is 3.15. The van der Waals surface area contributed by atoms with Crippen molar-refractivity contribution in [2.75, 3.05) is 31.1 Å². The molecule has 2 fully saturated rings. The van der Waals surface area contributed by atoms with Crippen molar-refractivity contribution in [2.24, 2.45) is 0 Å². The molecule has 0 saturated carbocycles. The van der Waals surface area contributed by atoms with E-state index in [0.29, 0.717) is 6.04 Å². The predicted octanol–water partition coefficient (Wildman–Crippen LogP) is 1.69. The lowest BCUT2D eigenvalue weighted by Crippen LogP contribution is -2.46. The highest BCUT2D eigenvalue weighted by Gasteiger charge is 2.31. The van der Waals surface area contributed by atoms with E-state index in [1.54, 1.807) is 17.7 Å². The minimum absolute atomic E-state index is 0.0936. The number of rotatable bonds is 2. The number of urea groups is 1. The van der Waals surface area contributed by atoms with E-state index < -0.39 is 0 Å². The van der Waals surface area contributed by atoms with Crippen LogP contribution < -0.4 is 10.2 Å². The van der Waals surface area contributed by atoms with E-state index in [1.165, 1.54) is 0 Å². The van der Waals surface area contributed by atoms with E-state index in [9.17, 15) is 4.79 Å². The van der Waals surface area contributed by atoms with Gasteiger partial charge in [-0.25, -0.2) is 14.8 Å². The van der Waals surface area contributed by atoms with Gasteiger partial charge in [0.2, 0.25) is 0 Å². The van der Waals surface area contributed by atoms with Gasteiger partial charge >= 0.3 is 6.03 Å². The summed E-state index contributed by atoms with van der Waals surface area (Å²) in [6, 6.07) is 2.49. The molecule has 0 bridgehead atoms. The van der Waals surface area contributed by atoms with Crippen LogP contribution in [0, 0.1) is 0 Å². The Bertz CT molecular complexity index is 664. The molecule has 0 spiro atoms. The number of anilines is 1. The number of carbonyl (C=O) groups excluding carboxylic acids is 1. The standard InChI is InChI=1S/C14H17N5OS/c20-14-15-4-7-19(14)10-1-5-18(6-2-10)13-12-11(3-8-21-12)16-9-17-13/h3,8-10H,1-2,4-7H2,(H,15,20). The zero-order chi connectivity index (χ0) is 14.2. The number of carbonyl (C=O) groups is 1. The van der Waals surface area contributed by atoms with Crippen molar-refractivity contribution in [2.45, 2.75) is 18.9 Å². The highest BCUT2D eigenvalue weighted by atomic mass is 32.1. The number of nitrogens with zero attached hydrogens (tertiary/aromatic N) is 4. The molecule has 7 heteroatoms. The van der Waals surface area contributed by atoms with Gasteiger partial charge in [0.15, 0.2) is 0 Å². The summed E-state index contributed by atoms with van der Waals surface area (Å²) in [5.41, 5.74) is 1.02. The third-order valence-corrected chi connectivity index (χ3v) is 5.22. The molecule has 0 aromatic carbocycles. The highest BCUT2D eigenvalue weighted by Crippen LogP contribution is 2.30. The second-order valence-electron chi connectivity index (χ2n) is 5.48. The van der Waals surface area contributed by atoms with Crippen LogP contribution in [-0.2, 0) is 0 Å². The van der Waals surface area contributed by atoms with Crippen LogP contribution in [0.2, 0.25) is 0 Å². The van der Waals surface area contributed by atoms with E-state index in [4.69, 9.17) is 0 Å². The summed E-state index contributed by atoms with van der Waals surface area (Å²) in [4.78, 5) is 24.8. The van der Waals surface area contributed by atoms with Crippen LogP contribution in [0.5, 0.6) is 0 Å². The summed E-state index contributed by atoms with van der Waals surface area (Å²) in [5, 5.41) is 4.94. The number of hydrogen-bond donors (Lipinski definition) is 1. The van der Waals surface area contributed by atoms with Crippen LogP contribution in [0.25, 0.3) is 10.2 Å². The topological polar surface area (TPSA) is 61.4 Å². The van der Waals surface area contributed by atoms with E-state index in [2.05, 4.69) is 25.6 Å². The molecular weight excluding hydrogens is 286 g/mol. The number of fused-ring (bicyclic) bond motifs is 1. The Morgan fingerprint density at radius 2 is 2.10 bits per heavy atom. The van der Waals surface area contributed by atoms with Crippen LogP contribution in [0.3, 0.4) is 0 Å². The van der Waals surface area contributed by atoms with Crippen LogP contribution >= 0.6 is 11.3 Å². The molecule has 1 N–H and O–H groups in total. The van der Waals surface area contributed by atoms with Gasteiger partial charge in [0, 0.05) is 32.2 Å². The number of nitrogens with one attached hydrogen (secondary N) is 1. The summed E-state index contributed by atoms with van der Waals surface area (Å²) in [7, 11) is 0. The quantitative estimate of drug-likeness (QED) is 0.917. The first-order valence-corrected chi connectivity index (χ1v) is 8.18. The van der Waals surface area contributed by atoms with Gasteiger partial charge in [-0.3, -0.25) is 0 Å². The fraction of sp³-hybridized carbons (Fsp3) is 0.500. The second-order valence-corrected chi connectivity index (χ2v) is 6.39.